The number of halogens is 2. The summed E-state index contributed by atoms with van der Waals surface area (Å²) in [6.45, 7) is 2.93. The number of nitrogens with one attached hydrogen (secondary N) is 3. The average molecular weight is 476 g/mol. The largest absolute Gasteiger partial charge is 0.356 e. The lowest BCUT2D eigenvalue weighted by Gasteiger charge is -2.15. The van der Waals surface area contributed by atoms with Gasteiger partial charge in [-0.25, -0.2) is 4.39 Å². The Balaban J connectivity index is 0.00000312. The lowest BCUT2D eigenvalue weighted by molar-refractivity contribution is -0.115. The van der Waals surface area contributed by atoms with Crippen molar-refractivity contribution in [2.45, 2.75) is 12.8 Å². The molecule has 1 aromatic heterocycles. The number of guanidine groups is 1. The van der Waals surface area contributed by atoms with Crippen LogP contribution in [0.25, 0.3) is 0 Å². The topological polar surface area (TPSA) is 65.5 Å². The van der Waals surface area contributed by atoms with Crippen LogP contribution in [0.15, 0.2) is 46.8 Å². The maximum Gasteiger partial charge on any atom is 0.243 e. The fourth-order valence-corrected chi connectivity index (χ4v) is 2.83. The summed E-state index contributed by atoms with van der Waals surface area (Å²) in [6.07, 6.45) is 0. The summed E-state index contributed by atoms with van der Waals surface area (Å²) in [4.78, 5) is 17.3. The van der Waals surface area contributed by atoms with E-state index in [9.17, 15) is 9.18 Å². The minimum absolute atomic E-state index is 0. The molecule has 1 unspecified atom stereocenters. The van der Waals surface area contributed by atoms with Crippen molar-refractivity contribution < 1.29 is 9.18 Å². The highest BCUT2D eigenvalue weighted by Crippen LogP contribution is 2.19. The third-order valence-electron chi connectivity index (χ3n) is 3.37. The van der Waals surface area contributed by atoms with Gasteiger partial charge in [-0.05, 0) is 35.7 Å². The summed E-state index contributed by atoms with van der Waals surface area (Å²) in [5, 5.41) is 10.9. The van der Waals surface area contributed by atoms with E-state index in [1.165, 1.54) is 29.1 Å². The highest BCUT2D eigenvalue weighted by atomic mass is 127. The molecular weight excluding hydrogens is 454 g/mol. The van der Waals surface area contributed by atoms with Gasteiger partial charge in [-0.3, -0.25) is 9.79 Å². The van der Waals surface area contributed by atoms with E-state index in [1.54, 1.807) is 18.4 Å². The summed E-state index contributed by atoms with van der Waals surface area (Å²) >= 11 is 1.72. The van der Waals surface area contributed by atoms with Crippen LogP contribution in [0, 0.1) is 5.82 Å². The maximum atomic E-state index is 12.8. The number of benzene rings is 1. The van der Waals surface area contributed by atoms with Crippen LogP contribution in [-0.4, -0.2) is 32.0 Å². The molecule has 0 aliphatic rings. The highest BCUT2D eigenvalue weighted by Gasteiger charge is 2.08. The van der Waals surface area contributed by atoms with Gasteiger partial charge in [0.15, 0.2) is 5.96 Å². The number of nitrogens with zero attached hydrogens (tertiary/aromatic N) is 1. The van der Waals surface area contributed by atoms with Crippen LogP contribution in [0.1, 0.15) is 17.7 Å². The molecule has 0 aliphatic carbocycles. The number of aliphatic imine (C=N–C) groups is 1. The van der Waals surface area contributed by atoms with Gasteiger partial charge in [0.2, 0.25) is 5.91 Å². The Bertz CT molecular complexity index is 676. The zero-order valence-electron chi connectivity index (χ0n) is 14.1. The lowest BCUT2D eigenvalue weighted by Crippen LogP contribution is -2.42. The highest BCUT2D eigenvalue weighted by molar-refractivity contribution is 14.0. The van der Waals surface area contributed by atoms with Crippen molar-refractivity contribution in [3.05, 3.63) is 52.5 Å². The van der Waals surface area contributed by atoms with Crippen molar-refractivity contribution >= 4 is 52.9 Å². The number of anilines is 1. The number of hydrogen-bond donors (Lipinski definition) is 3. The molecule has 5 nitrogen and oxygen atoms in total. The van der Waals surface area contributed by atoms with E-state index in [2.05, 4.69) is 39.3 Å². The summed E-state index contributed by atoms with van der Waals surface area (Å²) in [5.41, 5.74) is 0.553. The van der Waals surface area contributed by atoms with Gasteiger partial charge in [0, 0.05) is 30.1 Å². The molecule has 0 radical (unpaired) electrons. The van der Waals surface area contributed by atoms with Gasteiger partial charge in [-0.2, -0.15) is 0 Å². The predicted molar refractivity (Wildman–Crippen MR) is 113 cm³/mol. The van der Waals surface area contributed by atoms with Crippen molar-refractivity contribution in [3.63, 3.8) is 0 Å². The molecule has 0 bridgehead atoms. The lowest BCUT2D eigenvalue weighted by atomic mass is 10.1. The predicted octanol–water partition coefficient (Wildman–Crippen LogP) is 3.41. The maximum absolute atomic E-state index is 12.8. The molecule has 0 fully saturated rings. The second kappa shape index (κ2) is 11.0. The van der Waals surface area contributed by atoms with Crippen LogP contribution in [0.4, 0.5) is 10.1 Å². The Kier molecular flexibility index (Phi) is 9.43. The average Bonchev–Trinajstić information content (AvgIpc) is 3.11. The fourth-order valence-electron chi connectivity index (χ4n) is 2.05. The minimum Gasteiger partial charge on any atom is -0.356 e. The summed E-state index contributed by atoms with van der Waals surface area (Å²) in [6, 6.07) is 9.77. The number of thiophene rings is 1. The van der Waals surface area contributed by atoms with Gasteiger partial charge in [-0.15, -0.1) is 35.3 Å². The first kappa shape index (κ1) is 21.4. The number of rotatable bonds is 6. The van der Waals surface area contributed by atoms with E-state index in [1.807, 2.05) is 6.07 Å². The van der Waals surface area contributed by atoms with E-state index in [0.29, 0.717) is 17.6 Å². The molecule has 0 saturated carbocycles. The molecule has 0 aliphatic heterocycles. The summed E-state index contributed by atoms with van der Waals surface area (Å²) in [5.74, 6) is 0.357. The van der Waals surface area contributed by atoms with Gasteiger partial charge in [0.25, 0.3) is 0 Å². The van der Waals surface area contributed by atoms with Gasteiger partial charge >= 0.3 is 0 Å². The van der Waals surface area contributed by atoms with E-state index < -0.39 is 0 Å². The monoisotopic (exact) mass is 476 g/mol. The number of hydrogen-bond acceptors (Lipinski definition) is 3. The first-order chi connectivity index (χ1) is 11.6. The molecule has 0 spiro atoms. The Morgan fingerprint density at radius 3 is 2.56 bits per heavy atom. The zero-order chi connectivity index (χ0) is 17.4. The molecule has 2 aromatic rings. The molecule has 2 rings (SSSR count). The summed E-state index contributed by atoms with van der Waals surface area (Å²) < 4.78 is 12.8. The van der Waals surface area contributed by atoms with Crippen LogP contribution < -0.4 is 16.0 Å². The fraction of sp³-hybridized carbons (Fsp3) is 0.294. The van der Waals surface area contributed by atoms with Crippen LogP contribution in [0.3, 0.4) is 0 Å². The van der Waals surface area contributed by atoms with Crippen LogP contribution >= 0.6 is 35.3 Å². The molecule has 1 amide bonds. The van der Waals surface area contributed by atoms with Gasteiger partial charge in [0.05, 0.1) is 6.54 Å². The normalized spacial score (nSPS) is 12.0. The van der Waals surface area contributed by atoms with E-state index in [0.717, 1.165) is 6.54 Å². The van der Waals surface area contributed by atoms with E-state index in [4.69, 9.17) is 0 Å². The van der Waals surface area contributed by atoms with Crippen LogP contribution in [0.2, 0.25) is 0 Å². The quantitative estimate of drug-likeness (QED) is 0.340. The Hall–Kier alpha value is -1.68. The molecule has 0 saturated heterocycles. The molecule has 1 atom stereocenters. The molecule has 8 heteroatoms. The molecule has 3 N–H and O–H groups in total. The molecule has 1 heterocycles. The first-order valence-corrected chi connectivity index (χ1v) is 8.50. The number of carbonyl (C=O) groups excluding carboxylic acids is 1. The van der Waals surface area contributed by atoms with Crippen molar-refractivity contribution in [2.75, 3.05) is 25.5 Å². The van der Waals surface area contributed by atoms with Crippen molar-refractivity contribution in [3.8, 4) is 0 Å². The van der Waals surface area contributed by atoms with E-state index in [-0.39, 0.29) is 42.2 Å². The van der Waals surface area contributed by atoms with E-state index >= 15 is 0 Å². The SMILES string of the molecule is CN=C(NCC(=O)Nc1ccc(F)cc1)NCC(C)c1cccs1.I. The smallest absolute Gasteiger partial charge is 0.243 e. The Labute approximate surface area is 168 Å². The number of carbonyl (C=O) groups is 1. The van der Waals surface area contributed by atoms with Crippen molar-refractivity contribution in [2.24, 2.45) is 4.99 Å². The van der Waals surface area contributed by atoms with Gasteiger partial charge in [-0.1, -0.05) is 13.0 Å². The van der Waals surface area contributed by atoms with Gasteiger partial charge < -0.3 is 16.0 Å². The first-order valence-electron chi connectivity index (χ1n) is 7.62. The second-order valence-electron chi connectivity index (χ2n) is 5.28. The molecular formula is C17H22FIN4OS. The molecule has 1 aromatic carbocycles. The minimum atomic E-state index is -0.337. The third-order valence-corrected chi connectivity index (χ3v) is 4.48. The number of amides is 1. The van der Waals surface area contributed by atoms with Crippen molar-refractivity contribution in [1.82, 2.24) is 10.6 Å². The Morgan fingerprint density at radius 1 is 1.24 bits per heavy atom. The molecule has 25 heavy (non-hydrogen) atoms. The zero-order valence-corrected chi connectivity index (χ0v) is 17.2. The molecule has 136 valence electrons. The van der Waals surface area contributed by atoms with Crippen LogP contribution in [-0.2, 0) is 4.79 Å². The van der Waals surface area contributed by atoms with Gasteiger partial charge in [0.1, 0.15) is 5.82 Å². The van der Waals surface area contributed by atoms with Crippen LogP contribution in [0.5, 0.6) is 0 Å². The Morgan fingerprint density at radius 2 is 1.96 bits per heavy atom. The van der Waals surface area contributed by atoms with Crippen molar-refractivity contribution in [1.29, 1.82) is 0 Å². The second-order valence-corrected chi connectivity index (χ2v) is 6.26. The summed E-state index contributed by atoms with van der Waals surface area (Å²) in [7, 11) is 1.66. The standard InChI is InChI=1S/C17H21FN4OS.HI/c1-12(15-4-3-9-24-15)10-20-17(19-2)21-11-16(23)22-14-7-5-13(18)6-8-14;/h3-9,12H,10-11H2,1-2H3,(H,22,23)(H2,19,20,21);1H. The third kappa shape index (κ3) is 7.39.